The van der Waals surface area contributed by atoms with Gasteiger partial charge >= 0.3 is 0 Å². The van der Waals surface area contributed by atoms with Gasteiger partial charge in [0.15, 0.2) is 0 Å². The molecule has 0 aliphatic carbocycles. The third-order valence-corrected chi connectivity index (χ3v) is 3.44. The Bertz CT molecular complexity index is 639. The number of nitrogens with two attached hydrogens (primary N) is 1. The first-order valence-corrected chi connectivity index (χ1v) is 7.58. The molecule has 0 aliphatic heterocycles. The molecular formula is C18H22N2O4. The molecule has 2 aromatic rings. The fourth-order valence-corrected chi connectivity index (χ4v) is 2.13. The van der Waals surface area contributed by atoms with Crippen molar-refractivity contribution in [3.05, 3.63) is 54.1 Å². The molecule has 6 heteroatoms. The normalized spacial score (nSPS) is 11.5. The second-order valence-electron chi connectivity index (χ2n) is 5.08. The van der Waals surface area contributed by atoms with Crippen LogP contribution in [0.15, 0.2) is 48.5 Å². The number of ether oxygens (including phenoxy) is 3. The van der Waals surface area contributed by atoms with E-state index in [-0.39, 0.29) is 5.91 Å². The van der Waals surface area contributed by atoms with Crippen molar-refractivity contribution in [1.29, 1.82) is 0 Å². The first-order valence-electron chi connectivity index (χ1n) is 7.58. The van der Waals surface area contributed by atoms with Crippen LogP contribution in [0.25, 0.3) is 0 Å². The van der Waals surface area contributed by atoms with Crippen LogP contribution in [0.5, 0.6) is 17.2 Å². The van der Waals surface area contributed by atoms with Crippen LogP contribution in [0.3, 0.4) is 0 Å². The number of benzene rings is 2. The highest BCUT2D eigenvalue weighted by Crippen LogP contribution is 2.27. The summed E-state index contributed by atoms with van der Waals surface area (Å²) in [5.41, 5.74) is 6.69. The SMILES string of the molecule is COc1cc(OC)cc(OCCNC(=O)C(N)c2ccccc2)c1. The molecule has 0 fully saturated rings. The molecule has 0 saturated carbocycles. The molecule has 0 radical (unpaired) electrons. The quantitative estimate of drug-likeness (QED) is 0.722. The molecule has 0 heterocycles. The first kappa shape index (κ1) is 17.6. The van der Waals surface area contributed by atoms with E-state index in [1.54, 1.807) is 32.4 Å². The van der Waals surface area contributed by atoms with Gasteiger partial charge in [-0.15, -0.1) is 0 Å². The van der Waals surface area contributed by atoms with E-state index < -0.39 is 6.04 Å². The molecule has 0 bridgehead atoms. The lowest BCUT2D eigenvalue weighted by Crippen LogP contribution is -2.36. The van der Waals surface area contributed by atoms with E-state index in [4.69, 9.17) is 19.9 Å². The Labute approximate surface area is 141 Å². The summed E-state index contributed by atoms with van der Waals surface area (Å²) in [7, 11) is 3.15. The van der Waals surface area contributed by atoms with E-state index in [2.05, 4.69) is 5.32 Å². The first-order chi connectivity index (χ1) is 11.6. The maximum absolute atomic E-state index is 12.0. The summed E-state index contributed by atoms with van der Waals surface area (Å²) < 4.78 is 16.0. The predicted octanol–water partition coefficient (Wildman–Crippen LogP) is 1.90. The van der Waals surface area contributed by atoms with Gasteiger partial charge in [-0.2, -0.15) is 0 Å². The van der Waals surface area contributed by atoms with Gasteiger partial charge in [-0.3, -0.25) is 4.79 Å². The van der Waals surface area contributed by atoms with Gasteiger partial charge < -0.3 is 25.3 Å². The summed E-state index contributed by atoms with van der Waals surface area (Å²) >= 11 is 0. The summed E-state index contributed by atoms with van der Waals surface area (Å²) in [6.07, 6.45) is 0. The third kappa shape index (κ3) is 4.89. The molecule has 0 saturated heterocycles. The number of carbonyl (C=O) groups excluding carboxylic acids is 1. The Hall–Kier alpha value is -2.73. The van der Waals surface area contributed by atoms with Gasteiger partial charge in [-0.05, 0) is 5.56 Å². The van der Waals surface area contributed by atoms with Crippen LogP contribution < -0.4 is 25.3 Å². The van der Waals surface area contributed by atoms with Crippen molar-refractivity contribution in [3.8, 4) is 17.2 Å². The zero-order chi connectivity index (χ0) is 17.4. The Morgan fingerprint density at radius 2 is 1.62 bits per heavy atom. The van der Waals surface area contributed by atoms with Crippen molar-refractivity contribution < 1.29 is 19.0 Å². The van der Waals surface area contributed by atoms with E-state index >= 15 is 0 Å². The standard InChI is InChI=1S/C18H22N2O4/c1-22-14-10-15(23-2)12-16(11-14)24-9-8-20-18(21)17(19)13-6-4-3-5-7-13/h3-7,10-12,17H,8-9,19H2,1-2H3,(H,20,21). The smallest absolute Gasteiger partial charge is 0.241 e. The van der Waals surface area contributed by atoms with E-state index in [0.717, 1.165) is 5.56 Å². The molecule has 24 heavy (non-hydrogen) atoms. The fraction of sp³-hybridized carbons (Fsp3) is 0.278. The minimum Gasteiger partial charge on any atom is -0.496 e. The van der Waals surface area contributed by atoms with Crippen LogP contribution in [0.2, 0.25) is 0 Å². The Balaban J connectivity index is 1.81. The lowest BCUT2D eigenvalue weighted by molar-refractivity contribution is -0.122. The van der Waals surface area contributed by atoms with E-state index in [1.807, 2.05) is 30.3 Å². The number of hydrogen-bond donors (Lipinski definition) is 2. The summed E-state index contributed by atoms with van der Waals surface area (Å²) in [4.78, 5) is 12.0. The summed E-state index contributed by atoms with van der Waals surface area (Å²) in [5, 5.41) is 2.76. The van der Waals surface area contributed by atoms with Crippen molar-refractivity contribution >= 4 is 5.91 Å². The Kier molecular flexibility index (Phi) is 6.45. The molecule has 128 valence electrons. The number of carbonyl (C=O) groups is 1. The third-order valence-electron chi connectivity index (χ3n) is 3.44. The molecule has 6 nitrogen and oxygen atoms in total. The molecule has 0 aromatic heterocycles. The highest BCUT2D eigenvalue weighted by molar-refractivity contribution is 5.82. The number of hydrogen-bond acceptors (Lipinski definition) is 5. The Morgan fingerprint density at radius 3 is 2.21 bits per heavy atom. The van der Waals surface area contributed by atoms with Crippen LogP contribution in [-0.2, 0) is 4.79 Å². The van der Waals surface area contributed by atoms with Crippen LogP contribution in [0.1, 0.15) is 11.6 Å². The van der Waals surface area contributed by atoms with E-state index in [1.165, 1.54) is 0 Å². The second-order valence-corrected chi connectivity index (χ2v) is 5.08. The van der Waals surface area contributed by atoms with Gasteiger partial charge in [-0.1, -0.05) is 30.3 Å². The fourth-order valence-electron chi connectivity index (χ4n) is 2.13. The predicted molar refractivity (Wildman–Crippen MR) is 91.4 cm³/mol. The molecule has 3 N–H and O–H groups in total. The van der Waals surface area contributed by atoms with Gasteiger partial charge in [0.25, 0.3) is 0 Å². The number of methoxy groups -OCH3 is 2. The van der Waals surface area contributed by atoms with Gasteiger partial charge in [0, 0.05) is 18.2 Å². The zero-order valence-electron chi connectivity index (χ0n) is 13.8. The number of amides is 1. The lowest BCUT2D eigenvalue weighted by atomic mass is 10.1. The topological polar surface area (TPSA) is 82.8 Å². The highest BCUT2D eigenvalue weighted by Gasteiger charge is 2.14. The Morgan fingerprint density at radius 1 is 1.04 bits per heavy atom. The largest absolute Gasteiger partial charge is 0.496 e. The van der Waals surface area contributed by atoms with Gasteiger partial charge in [0.2, 0.25) is 5.91 Å². The van der Waals surface area contributed by atoms with Crippen molar-refractivity contribution in [1.82, 2.24) is 5.32 Å². The van der Waals surface area contributed by atoms with E-state index in [9.17, 15) is 4.79 Å². The monoisotopic (exact) mass is 330 g/mol. The molecule has 1 unspecified atom stereocenters. The lowest BCUT2D eigenvalue weighted by Gasteiger charge is -2.13. The summed E-state index contributed by atoms with van der Waals surface area (Å²) in [6, 6.07) is 13.8. The zero-order valence-corrected chi connectivity index (χ0v) is 13.8. The maximum Gasteiger partial charge on any atom is 0.241 e. The molecule has 2 rings (SSSR count). The van der Waals surface area contributed by atoms with Crippen molar-refractivity contribution in [2.45, 2.75) is 6.04 Å². The van der Waals surface area contributed by atoms with Crippen LogP contribution in [0, 0.1) is 0 Å². The molecule has 2 aromatic carbocycles. The van der Waals surface area contributed by atoms with E-state index in [0.29, 0.717) is 30.4 Å². The number of rotatable bonds is 8. The molecule has 1 atom stereocenters. The van der Waals surface area contributed by atoms with Gasteiger partial charge in [-0.25, -0.2) is 0 Å². The van der Waals surface area contributed by atoms with Gasteiger partial charge in [0.1, 0.15) is 29.9 Å². The van der Waals surface area contributed by atoms with Crippen molar-refractivity contribution in [2.75, 3.05) is 27.4 Å². The molecule has 0 spiro atoms. The highest BCUT2D eigenvalue weighted by atomic mass is 16.5. The molecular weight excluding hydrogens is 308 g/mol. The van der Waals surface area contributed by atoms with Crippen LogP contribution in [-0.4, -0.2) is 33.3 Å². The average molecular weight is 330 g/mol. The molecule has 0 aliphatic rings. The van der Waals surface area contributed by atoms with Crippen LogP contribution in [0.4, 0.5) is 0 Å². The van der Waals surface area contributed by atoms with Crippen molar-refractivity contribution in [2.24, 2.45) is 5.73 Å². The number of nitrogens with one attached hydrogen (secondary N) is 1. The summed E-state index contributed by atoms with van der Waals surface area (Å²) in [5.74, 6) is 1.64. The second kappa shape index (κ2) is 8.79. The molecule has 1 amide bonds. The van der Waals surface area contributed by atoms with Crippen LogP contribution >= 0.6 is 0 Å². The van der Waals surface area contributed by atoms with Crippen molar-refractivity contribution in [3.63, 3.8) is 0 Å². The minimum atomic E-state index is -0.692. The average Bonchev–Trinajstić information content (AvgIpc) is 2.64. The summed E-state index contributed by atoms with van der Waals surface area (Å²) in [6.45, 7) is 0.655. The maximum atomic E-state index is 12.0. The van der Waals surface area contributed by atoms with Gasteiger partial charge in [0.05, 0.1) is 20.8 Å². The minimum absolute atomic E-state index is 0.243.